The molecular weight excluding hydrogens is 158 g/mol. The van der Waals surface area contributed by atoms with Crippen LogP contribution in [0.1, 0.15) is 18.1 Å². The first-order valence-corrected chi connectivity index (χ1v) is 4.70. The predicted molar refractivity (Wildman–Crippen MR) is 57.7 cm³/mol. The molecule has 0 aliphatic carbocycles. The van der Waals surface area contributed by atoms with Gasteiger partial charge in [0.15, 0.2) is 0 Å². The van der Waals surface area contributed by atoms with Crippen molar-refractivity contribution in [3.05, 3.63) is 47.5 Å². The lowest BCUT2D eigenvalue weighted by Crippen LogP contribution is -2.12. The fraction of sp³-hybridized carbons (Fsp3) is 0.333. The summed E-state index contributed by atoms with van der Waals surface area (Å²) in [5, 5.41) is 3.34. The van der Waals surface area contributed by atoms with Gasteiger partial charge in [-0.2, -0.15) is 0 Å². The lowest BCUT2D eigenvalue weighted by atomic mass is 10.1. The van der Waals surface area contributed by atoms with Crippen LogP contribution in [0, 0.1) is 6.92 Å². The zero-order valence-corrected chi connectivity index (χ0v) is 8.38. The van der Waals surface area contributed by atoms with E-state index in [9.17, 15) is 0 Å². The number of allylic oxidation sites excluding steroid dienone is 1. The summed E-state index contributed by atoms with van der Waals surface area (Å²) >= 11 is 0. The van der Waals surface area contributed by atoms with Crippen molar-refractivity contribution >= 4 is 0 Å². The van der Waals surface area contributed by atoms with Crippen molar-refractivity contribution < 1.29 is 0 Å². The normalized spacial score (nSPS) is 10.9. The minimum absolute atomic E-state index is 0.949. The Morgan fingerprint density at radius 2 is 2.23 bits per heavy atom. The van der Waals surface area contributed by atoms with E-state index in [4.69, 9.17) is 0 Å². The Balaban J connectivity index is 2.36. The summed E-state index contributed by atoms with van der Waals surface area (Å²) in [5.74, 6) is 0. The lowest BCUT2D eigenvalue weighted by Gasteiger charge is -2.02. The van der Waals surface area contributed by atoms with Gasteiger partial charge in [-0.25, -0.2) is 0 Å². The van der Waals surface area contributed by atoms with Gasteiger partial charge in [0.05, 0.1) is 0 Å². The highest BCUT2D eigenvalue weighted by molar-refractivity contribution is 5.21. The molecule has 1 aromatic carbocycles. The van der Waals surface area contributed by atoms with E-state index in [1.165, 1.54) is 11.1 Å². The second kappa shape index (κ2) is 5.55. The summed E-state index contributed by atoms with van der Waals surface area (Å²) < 4.78 is 0. The van der Waals surface area contributed by atoms with E-state index in [0.717, 1.165) is 13.1 Å². The molecule has 1 nitrogen and oxygen atoms in total. The first kappa shape index (κ1) is 10.0. The third-order valence-corrected chi connectivity index (χ3v) is 1.91. The number of nitrogens with one attached hydrogen (secondary N) is 1. The lowest BCUT2D eigenvalue weighted by molar-refractivity contribution is 0.759. The molecule has 0 amide bonds. The van der Waals surface area contributed by atoms with Gasteiger partial charge in [-0.3, -0.25) is 0 Å². The van der Waals surface area contributed by atoms with Gasteiger partial charge in [-0.1, -0.05) is 42.0 Å². The summed E-state index contributed by atoms with van der Waals surface area (Å²) in [6.07, 6.45) is 4.18. The number of hydrogen-bond donors (Lipinski definition) is 1. The van der Waals surface area contributed by atoms with Gasteiger partial charge in [0.2, 0.25) is 0 Å². The smallest absolute Gasteiger partial charge is 0.0208 e. The van der Waals surface area contributed by atoms with Gasteiger partial charge in [0, 0.05) is 13.1 Å². The molecule has 1 heteroatoms. The molecule has 0 heterocycles. The number of aryl methyl sites for hydroxylation is 1. The SMILES string of the molecule is C/C=C/CNCc1cccc(C)c1. The van der Waals surface area contributed by atoms with Crippen molar-refractivity contribution in [2.75, 3.05) is 6.54 Å². The number of rotatable bonds is 4. The Kier molecular flexibility index (Phi) is 4.27. The molecule has 0 saturated carbocycles. The molecule has 0 bridgehead atoms. The molecule has 1 rings (SSSR count). The second-order valence-electron chi connectivity index (χ2n) is 3.19. The van der Waals surface area contributed by atoms with E-state index >= 15 is 0 Å². The Hall–Kier alpha value is -1.08. The second-order valence-corrected chi connectivity index (χ2v) is 3.19. The Morgan fingerprint density at radius 3 is 2.92 bits per heavy atom. The molecule has 0 aliphatic heterocycles. The van der Waals surface area contributed by atoms with Crippen LogP contribution in [0.4, 0.5) is 0 Å². The van der Waals surface area contributed by atoms with Gasteiger partial charge in [0.1, 0.15) is 0 Å². The molecule has 0 spiro atoms. The highest BCUT2D eigenvalue weighted by Gasteiger charge is 1.90. The number of benzene rings is 1. The van der Waals surface area contributed by atoms with E-state index in [2.05, 4.69) is 48.7 Å². The van der Waals surface area contributed by atoms with Crippen LogP contribution in [0.3, 0.4) is 0 Å². The Bertz CT molecular complexity index is 276. The molecule has 0 atom stereocenters. The molecule has 0 radical (unpaired) electrons. The van der Waals surface area contributed by atoms with E-state index in [-0.39, 0.29) is 0 Å². The van der Waals surface area contributed by atoms with Gasteiger partial charge >= 0.3 is 0 Å². The third-order valence-electron chi connectivity index (χ3n) is 1.91. The zero-order valence-electron chi connectivity index (χ0n) is 8.38. The fourth-order valence-electron chi connectivity index (χ4n) is 1.24. The summed E-state index contributed by atoms with van der Waals surface area (Å²) in [7, 11) is 0. The maximum absolute atomic E-state index is 3.34. The summed E-state index contributed by atoms with van der Waals surface area (Å²) in [6.45, 7) is 6.06. The first-order chi connectivity index (χ1) is 6.33. The van der Waals surface area contributed by atoms with Crippen LogP contribution in [0.15, 0.2) is 36.4 Å². The van der Waals surface area contributed by atoms with Crippen LogP contribution in [-0.2, 0) is 6.54 Å². The molecular formula is C12H17N. The highest BCUT2D eigenvalue weighted by atomic mass is 14.8. The molecule has 0 unspecified atom stereocenters. The van der Waals surface area contributed by atoms with E-state index in [1.54, 1.807) is 0 Å². The molecule has 0 fully saturated rings. The van der Waals surface area contributed by atoms with Gasteiger partial charge in [-0.15, -0.1) is 0 Å². The summed E-state index contributed by atoms with van der Waals surface area (Å²) in [6, 6.07) is 8.58. The van der Waals surface area contributed by atoms with Crippen molar-refractivity contribution in [3.63, 3.8) is 0 Å². The van der Waals surface area contributed by atoms with Crippen LogP contribution < -0.4 is 5.32 Å². The van der Waals surface area contributed by atoms with Crippen molar-refractivity contribution in [2.45, 2.75) is 20.4 Å². The molecule has 70 valence electrons. The van der Waals surface area contributed by atoms with Crippen LogP contribution in [0.25, 0.3) is 0 Å². The minimum atomic E-state index is 0.949. The van der Waals surface area contributed by atoms with Gasteiger partial charge < -0.3 is 5.32 Å². The average molecular weight is 175 g/mol. The topological polar surface area (TPSA) is 12.0 Å². The third kappa shape index (κ3) is 3.90. The molecule has 13 heavy (non-hydrogen) atoms. The van der Waals surface area contributed by atoms with Crippen molar-refractivity contribution in [1.29, 1.82) is 0 Å². The summed E-state index contributed by atoms with van der Waals surface area (Å²) in [5.41, 5.74) is 2.68. The first-order valence-electron chi connectivity index (χ1n) is 4.70. The molecule has 1 aromatic rings. The molecule has 0 saturated heterocycles. The Labute approximate surface area is 80.5 Å². The summed E-state index contributed by atoms with van der Waals surface area (Å²) in [4.78, 5) is 0. The quantitative estimate of drug-likeness (QED) is 0.548. The highest BCUT2D eigenvalue weighted by Crippen LogP contribution is 2.02. The standard InChI is InChI=1S/C12H17N/c1-3-4-8-13-10-12-7-5-6-11(2)9-12/h3-7,9,13H,8,10H2,1-2H3/b4-3+. The largest absolute Gasteiger partial charge is 0.309 e. The van der Waals surface area contributed by atoms with Crippen molar-refractivity contribution in [3.8, 4) is 0 Å². The van der Waals surface area contributed by atoms with Gasteiger partial charge in [-0.05, 0) is 19.4 Å². The maximum Gasteiger partial charge on any atom is 0.0208 e. The average Bonchev–Trinajstić information content (AvgIpc) is 2.13. The van der Waals surface area contributed by atoms with Gasteiger partial charge in [0.25, 0.3) is 0 Å². The van der Waals surface area contributed by atoms with Crippen LogP contribution in [0.5, 0.6) is 0 Å². The minimum Gasteiger partial charge on any atom is -0.309 e. The van der Waals surface area contributed by atoms with Crippen LogP contribution >= 0.6 is 0 Å². The van der Waals surface area contributed by atoms with Crippen molar-refractivity contribution in [2.24, 2.45) is 0 Å². The van der Waals surface area contributed by atoms with E-state index in [0.29, 0.717) is 0 Å². The monoisotopic (exact) mass is 175 g/mol. The fourth-order valence-corrected chi connectivity index (χ4v) is 1.24. The van der Waals surface area contributed by atoms with Crippen molar-refractivity contribution in [1.82, 2.24) is 5.32 Å². The molecule has 1 N–H and O–H groups in total. The van der Waals surface area contributed by atoms with E-state index < -0.39 is 0 Å². The number of hydrogen-bond acceptors (Lipinski definition) is 1. The van der Waals surface area contributed by atoms with Crippen LogP contribution in [0.2, 0.25) is 0 Å². The van der Waals surface area contributed by atoms with Crippen LogP contribution in [-0.4, -0.2) is 6.54 Å². The maximum atomic E-state index is 3.34. The van der Waals surface area contributed by atoms with E-state index in [1.807, 2.05) is 6.92 Å². The molecule has 0 aromatic heterocycles. The predicted octanol–water partition coefficient (Wildman–Crippen LogP) is 2.66. The molecule has 0 aliphatic rings. The zero-order chi connectivity index (χ0) is 9.52. The Morgan fingerprint density at radius 1 is 1.38 bits per heavy atom.